The van der Waals surface area contributed by atoms with Gasteiger partial charge >= 0.3 is 0 Å². The highest BCUT2D eigenvalue weighted by Crippen LogP contribution is 2.39. The summed E-state index contributed by atoms with van der Waals surface area (Å²) in [5.41, 5.74) is 6.30. The minimum atomic E-state index is -2.50. The first-order chi connectivity index (χ1) is 10.3. The molecule has 1 saturated heterocycles. The third-order valence-electron chi connectivity index (χ3n) is 4.38. The van der Waals surface area contributed by atoms with E-state index < -0.39 is 11.8 Å². The molecule has 0 bridgehead atoms. The largest absolute Gasteiger partial charge is 0.493 e. The summed E-state index contributed by atoms with van der Waals surface area (Å²) < 4.78 is 37.1. The van der Waals surface area contributed by atoms with Gasteiger partial charge in [0.2, 0.25) is 11.8 Å². The van der Waals surface area contributed by atoms with Crippen LogP contribution in [0.2, 0.25) is 0 Å². The van der Waals surface area contributed by atoms with E-state index >= 15 is 0 Å². The molecular formula is C16H21F2NO3. The second-order valence-electron chi connectivity index (χ2n) is 6.34. The number of ether oxygens (including phenoxy) is 2. The van der Waals surface area contributed by atoms with Crippen molar-refractivity contribution in [3.63, 3.8) is 0 Å². The highest BCUT2D eigenvalue weighted by molar-refractivity contribution is 5.31. The van der Waals surface area contributed by atoms with Crippen molar-refractivity contribution in [2.24, 2.45) is 11.7 Å². The Hall–Kier alpha value is -1.24. The second-order valence-corrected chi connectivity index (χ2v) is 6.34. The van der Waals surface area contributed by atoms with Crippen LogP contribution < -0.4 is 10.5 Å². The van der Waals surface area contributed by atoms with Crippen molar-refractivity contribution >= 4 is 0 Å². The van der Waals surface area contributed by atoms with Crippen molar-refractivity contribution in [1.82, 2.24) is 0 Å². The Bertz CT molecular complexity index is 518. The maximum absolute atomic E-state index is 13.1. The van der Waals surface area contributed by atoms with Gasteiger partial charge < -0.3 is 14.6 Å². The molecule has 0 radical (unpaired) electrons. The molecule has 0 spiro atoms. The number of halogens is 2. The lowest BCUT2D eigenvalue weighted by molar-refractivity contribution is -0.321. The van der Waals surface area contributed by atoms with Gasteiger partial charge in [0.1, 0.15) is 5.75 Å². The van der Waals surface area contributed by atoms with Crippen molar-refractivity contribution in [2.75, 3.05) is 6.61 Å². The third kappa shape index (κ3) is 3.74. The highest BCUT2D eigenvalue weighted by Gasteiger charge is 2.41. The van der Waals surface area contributed by atoms with Crippen molar-refractivity contribution in [3.05, 3.63) is 29.8 Å². The van der Waals surface area contributed by atoms with Gasteiger partial charge in [0.15, 0.2) is 0 Å². The monoisotopic (exact) mass is 313 g/mol. The van der Waals surface area contributed by atoms with E-state index in [2.05, 4.69) is 0 Å². The van der Waals surface area contributed by atoms with Crippen LogP contribution >= 0.6 is 0 Å². The second kappa shape index (κ2) is 5.76. The lowest BCUT2D eigenvalue weighted by Crippen LogP contribution is -2.53. The normalized spacial score (nSPS) is 31.5. The molecule has 2 atom stereocenters. The van der Waals surface area contributed by atoms with Crippen molar-refractivity contribution in [2.45, 2.75) is 50.0 Å². The third-order valence-corrected chi connectivity index (χ3v) is 4.38. The zero-order valence-electron chi connectivity index (χ0n) is 12.3. The van der Waals surface area contributed by atoms with Gasteiger partial charge in [0, 0.05) is 19.3 Å². The molecule has 3 rings (SSSR count). The number of benzene rings is 1. The first-order valence-electron chi connectivity index (χ1n) is 7.63. The van der Waals surface area contributed by atoms with Gasteiger partial charge in [-0.2, -0.15) is 0 Å². The van der Waals surface area contributed by atoms with Gasteiger partial charge in [-0.3, -0.25) is 5.73 Å². The van der Waals surface area contributed by atoms with E-state index in [0.29, 0.717) is 31.6 Å². The van der Waals surface area contributed by atoms with Crippen LogP contribution in [0, 0.1) is 5.92 Å². The number of rotatable bonds is 4. The number of nitrogens with two attached hydrogens (primary N) is 1. The minimum Gasteiger partial charge on any atom is -0.493 e. The molecule has 1 aromatic carbocycles. The zero-order valence-corrected chi connectivity index (χ0v) is 12.3. The molecule has 1 aliphatic carbocycles. The summed E-state index contributed by atoms with van der Waals surface area (Å²) in [4.78, 5) is 0. The predicted octanol–water partition coefficient (Wildman–Crippen LogP) is 2.96. The Kier molecular flexibility index (Phi) is 4.09. The maximum Gasteiger partial charge on any atom is 0.248 e. The summed E-state index contributed by atoms with van der Waals surface area (Å²) in [5, 5.41) is 9.39. The molecule has 1 aliphatic heterocycles. The van der Waals surface area contributed by atoms with Gasteiger partial charge in [0.05, 0.1) is 12.7 Å². The molecule has 2 fully saturated rings. The summed E-state index contributed by atoms with van der Waals surface area (Å²) in [6.45, 7) is 0.450. The Morgan fingerprint density at radius 1 is 1.32 bits per heavy atom. The van der Waals surface area contributed by atoms with E-state index in [0.717, 1.165) is 5.56 Å². The fraction of sp³-hybridized carbons (Fsp3) is 0.625. The fourth-order valence-corrected chi connectivity index (χ4v) is 2.97. The van der Waals surface area contributed by atoms with E-state index in [9.17, 15) is 13.9 Å². The molecule has 2 aliphatic rings. The van der Waals surface area contributed by atoms with Crippen LogP contribution in [-0.4, -0.2) is 23.5 Å². The molecule has 2 unspecified atom stereocenters. The van der Waals surface area contributed by atoms with Crippen LogP contribution in [0.5, 0.6) is 5.75 Å². The highest BCUT2D eigenvalue weighted by atomic mass is 19.3. The minimum absolute atomic E-state index is 0.0495. The molecule has 3 N–H and O–H groups in total. The van der Waals surface area contributed by atoms with Crippen LogP contribution in [0.3, 0.4) is 0 Å². The topological polar surface area (TPSA) is 64.7 Å². The summed E-state index contributed by atoms with van der Waals surface area (Å²) in [7, 11) is 0. The first-order valence-corrected chi connectivity index (χ1v) is 7.63. The Morgan fingerprint density at radius 3 is 2.64 bits per heavy atom. The summed E-state index contributed by atoms with van der Waals surface area (Å²) in [6, 6.07) is 7.40. The number of aliphatic hydroxyl groups is 1. The average Bonchev–Trinajstić information content (AvgIpc) is 2.44. The molecule has 122 valence electrons. The van der Waals surface area contributed by atoms with Gasteiger partial charge in [0.25, 0.3) is 0 Å². The molecule has 0 aromatic heterocycles. The fourth-order valence-electron chi connectivity index (χ4n) is 2.97. The van der Waals surface area contributed by atoms with Crippen molar-refractivity contribution in [1.29, 1.82) is 0 Å². The lowest BCUT2D eigenvalue weighted by atomic mass is 9.87. The van der Waals surface area contributed by atoms with Gasteiger partial charge in [-0.05, 0) is 36.5 Å². The lowest BCUT2D eigenvalue weighted by Gasteiger charge is -2.40. The quantitative estimate of drug-likeness (QED) is 0.839. The average molecular weight is 313 g/mol. The van der Waals surface area contributed by atoms with Crippen molar-refractivity contribution < 1.29 is 23.4 Å². The first kappa shape index (κ1) is 15.6. The van der Waals surface area contributed by atoms with Gasteiger partial charge in [-0.15, -0.1) is 0 Å². The zero-order chi connectivity index (χ0) is 15.8. The van der Waals surface area contributed by atoms with Crippen LogP contribution in [0.25, 0.3) is 0 Å². The molecule has 1 saturated carbocycles. The summed E-state index contributed by atoms with van der Waals surface area (Å²) in [6.07, 6.45) is 1.01. The standard InChI is InChI=1S/C16H21F2NO3/c17-15(18)6-4-11(5-7-15)10-21-13-3-1-2-12(8-13)14-9-16(19,20)22-14/h1-3,8,11,14,20H,4-7,9-10,19H2. The predicted molar refractivity (Wildman–Crippen MR) is 76.4 cm³/mol. The Labute approximate surface area is 128 Å². The van der Waals surface area contributed by atoms with Gasteiger partial charge in [-0.1, -0.05) is 12.1 Å². The summed E-state index contributed by atoms with van der Waals surface area (Å²) >= 11 is 0. The molecule has 22 heavy (non-hydrogen) atoms. The maximum atomic E-state index is 13.1. The number of hydrogen-bond donors (Lipinski definition) is 2. The molecule has 6 heteroatoms. The van der Waals surface area contributed by atoms with Gasteiger partial charge in [-0.25, -0.2) is 8.78 Å². The van der Waals surface area contributed by atoms with Crippen LogP contribution in [-0.2, 0) is 4.74 Å². The Balaban J connectivity index is 1.51. The van der Waals surface area contributed by atoms with Crippen LogP contribution in [0.15, 0.2) is 24.3 Å². The molecule has 1 heterocycles. The molecular weight excluding hydrogens is 292 g/mol. The van der Waals surface area contributed by atoms with E-state index in [1.165, 1.54) is 0 Å². The van der Waals surface area contributed by atoms with E-state index in [-0.39, 0.29) is 24.9 Å². The van der Waals surface area contributed by atoms with E-state index in [4.69, 9.17) is 15.2 Å². The van der Waals surface area contributed by atoms with Crippen LogP contribution in [0.4, 0.5) is 8.78 Å². The smallest absolute Gasteiger partial charge is 0.248 e. The Morgan fingerprint density at radius 2 is 2.00 bits per heavy atom. The molecule has 4 nitrogen and oxygen atoms in total. The molecule has 1 aromatic rings. The van der Waals surface area contributed by atoms with E-state index in [1.807, 2.05) is 24.3 Å². The number of hydrogen-bond acceptors (Lipinski definition) is 4. The SMILES string of the molecule is NC1(O)CC(c2cccc(OCC3CCC(F)(F)CC3)c2)O1. The van der Waals surface area contributed by atoms with Crippen molar-refractivity contribution in [3.8, 4) is 5.75 Å². The van der Waals surface area contributed by atoms with E-state index in [1.54, 1.807) is 0 Å². The molecule has 0 amide bonds. The summed E-state index contributed by atoms with van der Waals surface area (Å²) in [5.74, 6) is -3.17. The van der Waals surface area contributed by atoms with Crippen LogP contribution in [0.1, 0.15) is 43.8 Å². The number of alkyl halides is 2.